The zero-order valence-electron chi connectivity index (χ0n) is 14.8. The molecule has 0 aromatic heterocycles. The van der Waals surface area contributed by atoms with Gasteiger partial charge in [0.1, 0.15) is 0 Å². The predicted molar refractivity (Wildman–Crippen MR) is 114 cm³/mol. The Morgan fingerprint density at radius 1 is 1.32 bits per heavy atom. The van der Waals surface area contributed by atoms with Crippen molar-refractivity contribution in [2.75, 3.05) is 40.0 Å². The summed E-state index contributed by atoms with van der Waals surface area (Å²) < 4.78 is 5.51. The molecule has 1 atom stereocenters. The monoisotopic (exact) mass is 481 g/mol. The zero-order chi connectivity index (χ0) is 17.3. The number of aliphatic imine (C=N–C) groups is 1. The second kappa shape index (κ2) is 11.9. The molecule has 1 heterocycles. The topological polar surface area (TPSA) is 65.9 Å². The van der Waals surface area contributed by atoms with Crippen molar-refractivity contribution in [1.82, 2.24) is 10.6 Å². The maximum Gasteiger partial charge on any atom is 0.190 e. The van der Waals surface area contributed by atoms with Gasteiger partial charge in [0.25, 0.3) is 0 Å². The van der Waals surface area contributed by atoms with Gasteiger partial charge in [-0.05, 0) is 43.4 Å². The van der Waals surface area contributed by atoms with E-state index in [0.717, 1.165) is 56.4 Å². The lowest BCUT2D eigenvalue weighted by Gasteiger charge is -2.27. The first kappa shape index (κ1) is 22.5. The number of hydrogen-bond donors (Lipinski definition) is 3. The van der Waals surface area contributed by atoms with Gasteiger partial charge in [0, 0.05) is 43.8 Å². The lowest BCUT2D eigenvalue weighted by atomic mass is 9.84. The fourth-order valence-electron chi connectivity index (χ4n) is 2.95. The van der Waals surface area contributed by atoms with Crippen LogP contribution in [0.4, 0.5) is 0 Å². The number of nitrogens with zero attached hydrogens (tertiary/aromatic N) is 1. The molecule has 1 aromatic rings. The minimum Gasteiger partial charge on any atom is -0.396 e. The highest BCUT2D eigenvalue weighted by Crippen LogP contribution is 2.31. The normalized spacial score (nSPS) is 20.2. The van der Waals surface area contributed by atoms with Crippen LogP contribution in [0.15, 0.2) is 29.3 Å². The summed E-state index contributed by atoms with van der Waals surface area (Å²) >= 11 is 5.89. The maximum atomic E-state index is 9.28. The summed E-state index contributed by atoms with van der Waals surface area (Å²) in [7, 11) is 1.78. The summed E-state index contributed by atoms with van der Waals surface area (Å²) in [6, 6.07) is 7.98. The SMILES string of the molecule is CN=C(NCCCc1ccc(Cl)cc1)NCC1(CCO)CCOC1.I. The number of aliphatic hydroxyl groups excluding tert-OH is 1. The Balaban J connectivity index is 0.00000312. The molecular formula is C18H29ClIN3O2. The molecule has 25 heavy (non-hydrogen) atoms. The van der Waals surface area contributed by atoms with Crippen molar-refractivity contribution >= 4 is 41.5 Å². The van der Waals surface area contributed by atoms with E-state index in [0.29, 0.717) is 6.61 Å². The highest BCUT2D eigenvalue weighted by atomic mass is 127. The van der Waals surface area contributed by atoms with E-state index in [-0.39, 0.29) is 36.0 Å². The van der Waals surface area contributed by atoms with Crippen LogP contribution in [-0.4, -0.2) is 51.0 Å². The van der Waals surface area contributed by atoms with Crippen molar-refractivity contribution in [3.8, 4) is 0 Å². The van der Waals surface area contributed by atoms with Gasteiger partial charge in [-0.15, -0.1) is 24.0 Å². The Hall–Kier alpha value is -0.570. The molecule has 7 heteroatoms. The van der Waals surface area contributed by atoms with Crippen molar-refractivity contribution in [2.24, 2.45) is 10.4 Å². The number of rotatable bonds is 8. The Labute approximate surface area is 172 Å². The number of benzene rings is 1. The van der Waals surface area contributed by atoms with E-state index < -0.39 is 0 Å². The van der Waals surface area contributed by atoms with Gasteiger partial charge < -0.3 is 20.5 Å². The van der Waals surface area contributed by atoms with Crippen molar-refractivity contribution in [2.45, 2.75) is 25.7 Å². The molecule has 1 aliphatic heterocycles. The van der Waals surface area contributed by atoms with Gasteiger partial charge in [-0.1, -0.05) is 23.7 Å². The summed E-state index contributed by atoms with van der Waals surface area (Å²) in [6.45, 7) is 3.29. The fourth-order valence-corrected chi connectivity index (χ4v) is 3.08. The second-order valence-corrected chi connectivity index (χ2v) is 6.80. The molecule has 2 rings (SSSR count). The number of aliphatic hydroxyl groups is 1. The summed E-state index contributed by atoms with van der Waals surface area (Å²) in [5, 5.41) is 16.8. The van der Waals surface area contributed by atoms with Crippen LogP contribution in [0, 0.1) is 5.41 Å². The molecule has 0 radical (unpaired) electrons. The van der Waals surface area contributed by atoms with E-state index in [1.54, 1.807) is 7.05 Å². The van der Waals surface area contributed by atoms with Gasteiger partial charge in [0.05, 0.1) is 6.61 Å². The van der Waals surface area contributed by atoms with E-state index in [2.05, 4.69) is 27.8 Å². The zero-order valence-corrected chi connectivity index (χ0v) is 17.8. The van der Waals surface area contributed by atoms with Gasteiger partial charge in [-0.25, -0.2) is 0 Å². The molecule has 0 aliphatic carbocycles. The van der Waals surface area contributed by atoms with E-state index in [4.69, 9.17) is 16.3 Å². The van der Waals surface area contributed by atoms with Gasteiger partial charge in [-0.3, -0.25) is 4.99 Å². The third-order valence-corrected chi connectivity index (χ3v) is 4.78. The molecule has 0 bridgehead atoms. The van der Waals surface area contributed by atoms with E-state index >= 15 is 0 Å². The summed E-state index contributed by atoms with van der Waals surface area (Å²) in [5.74, 6) is 0.801. The molecule has 1 saturated heterocycles. The van der Waals surface area contributed by atoms with Crippen LogP contribution in [0.2, 0.25) is 5.02 Å². The smallest absolute Gasteiger partial charge is 0.190 e. The first-order valence-electron chi connectivity index (χ1n) is 8.55. The molecule has 0 amide bonds. The Morgan fingerprint density at radius 3 is 2.68 bits per heavy atom. The summed E-state index contributed by atoms with van der Waals surface area (Å²) in [4.78, 5) is 4.27. The molecule has 142 valence electrons. The summed E-state index contributed by atoms with van der Waals surface area (Å²) in [5.41, 5.74) is 1.31. The van der Waals surface area contributed by atoms with Crippen molar-refractivity contribution in [3.05, 3.63) is 34.9 Å². The molecule has 5 nitrogen and oxygen atoms in total. The first-order chi connectivity index (χ1) is 11.7. The average Bonchev–Trinajstić information content (AvgIpc) is 3.05. The number of halogens is 2. The molecule has 1 aliphatic rings. The fraction of sp³-hybridized carbons (Fsp3) is 0.611. The molecule has 1 aromatic carbocycles. The van der Waals surface area contributed by atoms with E-state index in [1.807, 2.05) is 12.1 Å². The number of nitrogens with one attached hydrogen (secondary N) is 2. The summed E-state index contributed by atoms with van der Waals surface area (Å²) in [6.07, 6.45) is 3.76. The van der Waals surface area contributed by atoms with Gasteiger partial charge in [0.2, 0.25) is 0 Å². The van der Waals surface area contributed by atoms with Crippen LogP contribution in [0.5, 0.6) is 0 Å². The molecule has 3 N–H and O–H groups in total. The second-order valence-electron chi connectivity index (χ2n) is 6.36. The highest BCUT2D eigenvalue weighted by Gasteiger charge is 2.34. The molecular weight excluding hydrogens is 453 g/mol. The molecule has 0 saturated carbocycles. The molecule has 1 unspecified atom stereocenters. The number of aryl methyl sites for hydroxylation is 1. The quantitative estimate of drug-likeness (QED) is 0.231. The Kier molecular flexibility index (Phi) is 10.7. The van der Waals surface area contributed by atoms with Crippen molar-refractivity contribution in [1.29, 1.82) is 0 Å². The van der Waals surface area contributed by atoms with E-state index in [1.165, 1.54) is 5.56 Å². The lowest BCUT2D eigenvalue weighted by Crippen LogP contribution is -2.44. The van der Waals surface area contributed by atoms with Crippen LogP contribution in [0.25, 0.3) is 0 Å². The average molecular weight is 482 g/mol. The Morgan fingerprint density at radius 2 is 2.08 bits per heavy atom. The number of hydrogen-bond acceptors (Lipinski definition) is 3. The Bertz CT molecular complexity index is 520. The van der Waals surface area contributed by atoms with Gasteiger partial charge in [0.15, 0.2) is 5.96 Å². The van der Waals surface area contributed by atoms with Gasteiger partial charge >= 0.3 is 0 Å². The van der Waals surface area contributed by atoms with Crippen molar-refractivity contribution in [3.63, 3.8) is 0 Å². The van der Waals surface area contributed by atoms with Crippen LogP contribution < -0.4 is 10.6 Å². The highest BCUT2D eigenvalue weighted by molar-refractivity contribution is 14.0. The maximum absolute atomic E-state index is 9.28. The number of ether oxygens (including phenoxy) is 1. The molecule has 1 fully saturated rings. The molecule has 0 spiro atoms. The number of guanidine groups is 1. The van der Waals surface area contributed by atoms with Gasteiger partial charge in [-0.2, -0.15) is 0 Å². The minimum absolute atomic E-state index is 0. The largest absolute Gasteiger partial charge is 0.396 e. The lowest BCUT2D eigenvalue weighted by molar-refractivity contribution is 0.127. The van der Waals surface area contributed by atoms with Crippen molar-refractivity contribution < 1.29 is 9.84 Å². The van der Waals surface area contributed by atoms with Crippen LogP contribution in [0.3, 0.4) is 0 Å². The minimum atomic E-state index is 0. The third kappa shape index (κ3) is 7.68. The third-order valence-electron chi connectivity index (χ3n) is 4.53. The van der Waals surface area contributed by atoms with E-state index in [9.17, 15) is 5.11 Å². The van der Waals surface area contributed by atoms with Crippen LogP contribution in [-0.2, 0) is 11.2 Å². The van der Waals surface area contributed by atoms with Crippen LogP contribution in [0.1, 0.15) is 24.8 Å². The van der Waals surface area contributed by atoms with Crippen LogP contribution >= 0.6 is 35.6 Å². The standard InChI is InChI=1S/C18H28ClN3O2.HI/c1-20-17(22-13-18(8-11-23)9-12-24-14-18)21-10-2-3-15-4-6-16(19)7-5-15;/h4-7,23H,2-3,8-14H2,1H3,(H2,20,21,22);1H. The predicted octanol–water partition coefficient (Wildman–Crippen LogP) is 2.84. The first-order valence-corrected chi connectivity index (χ1v) is 8.93.